The lowest BCUT2D eigenvalue weighted by Gasteiger charge is -2.32. The van der Waals surface area contributed by atoms with Crippen molar-refractivity contribution in [3.8, 4) is 0 Å². The molecule has 0 radical (unpaired) electrons. The van der Waals surface area contributed by atoms with E-state index in [2.05, 4.69) is 49.8 Å². The molecule has 0 amide bonds. The number of benzene rings is 1. The molecule has 3 rings (SSSR count). The van der Waals surface area contributed by atoms with E-state index in [1.165, 1.54) is 16.9 Å². The van der Waals surface area contributed by atoms with Gasteiger partial charge in [0.25, 0.3) is 0 Å². The molecule has 4 nitrogen and oxygen atoms in total. The normalized spacial score (nSPS) is 17.2. The van der Waals surface area contributed by atoms with E-state index in [0.717, 1.165) is 36.3 Å². The molecule has 0 bridgehead atoms. The van der Waals surface area contributed by atoms with Crippen molar-refractivity contribution in [3.05, 3.63) is 51.8 Å². The lowest BCUT2D eigenvalue weighted by atomic mass is 9.97. The fraction of sp³-hybridized carbons (Fsp3) is 0.412. The van der Waals surface area contributed by atoms with Crippen molar-refractivity contribution in [2.75, 3.05) is 19.6 Å². The molecule has 1 aromatic heterocycles. The maximum atomic E-state index is 12.3. The molecule has 1 aliphatic heterocycles. The van der Waals surface area contributed by atoms with Crippen LogP contribution in [0.1, 0.15) is 18.4 Å². The number of halogens is 1. The molecule has 0 saturated carbocycles. The van der Waals surface area contributed by atoms with Crippen LogP contribution < -0.4 is 4.72 Å². The first-order valence-corrected chi connectivity index (χ1v) is 11.1. The van der Waals surface area contributed by atoms with Crippen LogP contribution in [-0.4, -0.2) is 33.0 Å². The van der Waals surface area contributed by atoms with Gasteiger partial charge in [0.15, 0.2) is 0 Å². The number of nitrogens with one attached hydrogen (secondary N) is 1. The summed E-state index contributed by atoms with van der Waals surface area (Å²) in [7, 11) is -3.38. The van der Waals surface area contributed by atoms with Crippen LogP contribution in [0, 0.1) is 5.92 Å². The number of piperidine rings is 1. The van der Waals surface area contributed by atoms with Gasteiger partial charge in [-0.15, -0.1) is 11.3 Å². The SMILES string of the molecule is O=S(=O)(NCC1CCN(Cc2ccccc2)CC1)c1ccc(Br)s1. The van der Waals surface area contributed by atoms with E-state index in [1.807, 2.05) is 6.07 Å². The lowest BCUT2D eigenvalue weighted by Crippen LogP contribution is -2.38. The molecule has 1 N–H and O–H groups in total. The Kier molecular flexibility index (Phi) is 6.10. The van der Waals surface area contributed by atoms with Crippen molar-refractivity contribution in [1.82, 2.24) is 9.62 Å². The third-order valence-corrected chi connectivity index (χ3v) is 7.87. The van der Waals surface area contributed by atoms with Crippen molar-refractivity contribution in [1.29, 1.82) is 0 Å². The van der Waals surface area contributed by atoms with Crippen LogP contribution in [0.25, 0.3) is 0 Å². The summed E-state index contributed by atoms with van der Waals surface area (Å²) in [5.74, 6) is 0.412. The minimum absolute atomic E-state index is 0.371. The molecule has 2 heterocycles. The van der Waals surface area contributed by atoms with Gasteiger partial charge in [-0.2, -0.15) is 0 Å². The summed E-state index contributed by atoms with van der Waals surface area (Å²) in [5, 5.41) is 0. The molecule has 1 aromatic carbocycles. The van der Waals surface area contributed by atoms with Crippen molar-refractivity contribution < 1.29 is 8.42 Å². The average molecular weight is 429 g/mol. The number of thiophene rings is 1. The third-order valence-electron chi connectivity index (χ3n) is 4.33. The topological polar surface area (TPSA) is 49.4 Å². The van der Waals surface area contributed by atoms with Crippen LogP contribution in [0.4, 0.5) is 0 Å². The number of nitrogens with zero attached hydrogens (tertiary/aromatic N) is 1. The molecule has 24 heavy (non-hydrogen) atoms. The first-order valence-electron chi connectivity index (χ1n) is 8.04. The van der Waals surface area contributed by atoms with Crippen LogP contribution >= 0.6 is 27.3 Å². The van der Waals surface area contributed by atoms with Crippen LogP contribution in [0.5, 0.6) is 0 Å². The Morgan fingerprint density at radius 3 is 2.46 bits per heavy atom. The molecule has 0 atom stereocenters. The van der Waals surface area contributed by atoms with Gasteiger partial charge < -0.3 is 0 Å². The predicted molar refractivity (Wildman–Crippen MR) is 102 cm³/mol. The molecule has 7 heteroatoms. The summed E-state index contributed by atoms with van der Waals surface area (Å²) in [6, 6.07) is 13.9. The third kappa shape index (κ3) is 4.89. The number of likely N-dealkylation sites (tertiary alicyclic amines) is 1. The van der Waals surface area contributed by atoms with E-state index in [4.69, 9.17) is 0 Å². The van der Waals surface area contributed by atoms with Crippen LogP contribution in [0.2, 0.25) is 0 Å². The summed E-state index contributed by atoms with van der Waals surface area (Å²) < 4.78 is 28.5. The van der Waals surface area contributed by atoms with Gasteiger partial charge in [-0.1, -0.05) is 30.3 Å². The van der Waals surface area contributed by atoms with Gasteiger partial charge in [0.05, 0.1) is 3.79 Å². The smallest absolute Gasteiger partial charge is 0.250 e. The molecule has 0 unspecified atom stereocenters. The molecular formula is C17H21BrN2O2S2. The summed E-state index contributed by atoms with van der Waals surface area (Å²) in [6.45, 7) is 3.54. The quantitative estimate of drug-likeness (QED) is 0.762. The maximum Gasteiger partial charge on any atom is 0.250 e. The zero-order valence-corrected chi connectivity index (χ0v) is 16.5. The second kappa shape index (κ2) is 8.10. The summed E-state index contributed by atoms with van der Waals surface area (Å²) >= 11 is 4.55. The fourth-order valence-electron chi connectivity index (χ4n) is 2.93. The van der Waals surface area contributed by atoms with Crippen LogP contribution in [0.15, 0.2) is 50.5 Å². The Hall–Kier alpha value is -0.730. The van der Waals surface area contributed by atoms with Crippen molar-refractivity contribution in [3.63, 3.8) is 0 Å². The molecule has 130 valence electrons. The van der Waals surface area contributed by atoms with E-state index in [-0.39, 0.29) is 0 Å². The Morgan fingerprint density at radius 1 is 1.12 bits per heavy atom. The highest BCUT2D eigenvalue weighted by molar-refractivity contribution is 9.11. The number of sulfonamides is 1. The van der Waals surface area contributed by atoms with Crippen molar-refractivity contribution in [2.24, 2.45) is 5.92 Å². The monoisotopic (exact) mass is 428 g/mol. The Labute approximate surface area is 156 Å². The zero-order valence-electron chi connectivity index (χ0n) is 13.3. The largest absolute Gasteiger partial charge is 0.299 e. The highest BCUT2D eigenvalue weighted by Crippen LogP contribution is 2.26. The molecule has 1 aliphatic rings. The van der Waals surface area contributed by atoms with E-state index in [9.17, 15) is 8.42 Å². The summed E-state index contributed by atoms with van der Waals surface area (Å²) in [4.78, 5) is 2.44. The average Bonchev–Trinajstić information content (AvgIpc) is 3.03. The van der Waals surface area contributed by atoms with Gasteiger partial charge in [0.2, 0.25) is 10.0 Å². The van der Waals surface area contributed by atoms with E-state index < -0.39 is 10.0 Å². The predicted octanol–water partition coefficient (Wildman–Crippen LogP) is 3.70. The van der Waals surface area contributed by atoms with Gasteiger partial charge >= 0.3 is 0 Å². The zero-order chi connectivity index (χ0) is 17.0. The highest BCUT2D eigenvalue weighted by Gasteiger charge is 2.22. The van der Waals surface area contributed by atoms with Crippen molar-refractivity contribution >= 4 is 37.3 Å². The number of rotatable bonds is 6. The fourth-order valence-corrected chi connectivity index (χ4v) is 6.10. The molecule has 2 aromatic rings. The first kappa shape index (κ1) is 18.1. The minimum atomic E-state index is -3.38. The Morgan fingerprint density at radius 2 is 1.83 bits per heavy atom. The first-order chi connectivity index (χ1) is 11.5. The van der Waals surface area contributed by atoms with Gasteiger partial charge in [-0.05, 0) is 65.5 Å². The molecule has 1 fully saturated rings. The summed E-state index contributed by atoms with van der Waals surface area (Å²) in [5.41, 5.74) is 1.33. The molecule has 0 aliphatic carbocycles. The maximum absolute atomic E-state index is 12.3. The Balaban J connectivity index is 1.46. The van der Waals surface area contributed by atoms with Gasteiger partial charge in [-0.3, -0.25) is 4.90 Å². The van der Waals surface area contributed by atoms with E-state index >= 15 is 0 Å². The van der Waals surface area contributed by atoms with Crippen molar-refractivity contribution in [2.45, 2.75) is 23.6 Å². The Bertz CT molecular complexity index is 754. The standard InChI is InChI=1S/C17H21BrN2O2S2/c18-16-6-7-17(23-16)24(21,22)19-12-14-8-10-20(11-9-14)13-15-4-2-1-3-5-15/h1-7,14,19H,8-13H2. The van der Waals surface area contributed by atoms with Gasteiger partial charge in [0.1, 0.15) is 4.21 Å². The highest BCUT2D eigenvalue weighted by atomic mass is 79.9. The van der Waals surface area contributed by atoms with E-state index in [1.54, 1.807) is 12.1 Å². The number of hydrogen-bond acceptors (Lipinski definition) is 4. The molecule has 0 spiro atoms. The molecular weight excluding hydrogens is 408 g/mol. The van der Waals surface area contributed by atoms with Crippen LogP contribution in [0.3, 0.4) is 0 Å². The molecule has 1 saturated heterocycles. The minimum Gasteiger partial charge on any atom is -0.299 e. The second-order valence-corrected chi connectivity index (χ2v) is 10.6. The van der Waals surface area contributed by atoms with Crippen LogP contribution in [-0.2, 0) is 16.6 Å². The van der Waals surface area contributed by atoms with Gasteiger partial charge in [-0.25, -0.2) is 13.1 Å². The lowest BCUT2D eigenvalue weighted by molar-refractivity contribution is 0.178. The second-order valence-electron chi connectivity index (χ2n) is 6.12. The van der Waals surface area contributed by atoms with E-state index in [0.29, 0.717) is 16.7 Å². The van der Waals surface area contributed by atoms with Gasteiger partial charge in [0, 0.05) is 13.1 Å². The summed E-state index contributed by atoms with van der Waals surface area (Å²) in [6.07, 6.45) is 2.06. The number of hydrogen-bond donors (Lipinski definition) is 1.